The van der Waals surface area contributed by atoms with E-state index in [1.54, 1.807) is 6.08 Å². The van der Waals surface area contributed by atoms with Crippen LogP contribution in [0.2, 0.25) is 0 Å². The fourth-order valence-corrected chi connectivity index (χ4v) is 2.31. The van der Waals surface area contributed by atoms with Crippen molar-refractivity contribution in [1.29, 1.82) is 0 Å². The number of halogens is 1. The molecule has 0 bridgehead atoms. The minimum Gasteiger partial charge on any atom is -0.452 e. The van der Waals surface area contributed by atoms with Gasteiger partial charge in [0.25, 0.3) is 5.89 Å². The molecule has 2 aromatic carbocycles. The highest BCUT2D eigenvalue weighted by Gasteiger charge is 2.10. The van der Waals surface area contributed by atoms with Gasteiger partial charge in [0.15, 0.2) is 6.61 Å². The third kappa shape index (κ3) is 4.87. The SMILES string of the molecule is Cc1ccc(C=CC(=O)OCc2nnc(-c3ccc(Br)cc3)o2)cc1. The Hall–Kier alpha value is -2.73. The Morgan fingerprint density at radius 1 is 1.12 bits per heavy atom. The van der Waals surface area contributed by atoms with Gasteiger partial charge in [0.2, 0.25) is 5.89 Å². The van der Waals surface area contributed by atoms with Crippen LogP contribution in [0.15, 0.2) is 63.5 Å². The molecule has 0 spiro atoms. The fourth-order valence-electron chi connectivity index (χ4n) is 2.04. The molecule has 25 heavy (non-hydrogen) atoms. The summed E-state index contributed by atoms with van der Waals surface area (Å²) < 4.78 is 11.6. The number of carbonyl (C=O) groups excluding carboxylic acids is 1. The van der Waals surface area contributed by atoms with Crippen molar-refractivity contribution in [1.82, 2.24) is 10.2 Å². The number of aromatic nitrogens is 2. The predicted octanol–water partition coefficient (Wildman–Crippen LogP) is 4.56. The van der Waals surface area contributed by atoms with Crippen LogP contribution in [0.5, 0.6) is 0 Å². The van der Waals surface area contributed by atoms with Gasteiger partial charge in [-0.15, -0.1) is 10.2 Å². The first-order valence-electron chi connectivity index (χ1n) is 7.60. The van der Waals surface area contributed by atoms with Crippen LogP contribution in [0, 0.1) is 6.92 Å². The van der Waals surface area contributed by atoms with Crippen molar-refractivity contribution in [2.75, 3.05) is 0 Å². The molecule has 6 heteroatoms. The first-order chi connectivity index (χ1) is 12.1. The van der Waals surface area contributed by atoms with E-state index in [1.807, 2.05) is 55.5 Å². The van der Waals surface area contributed by atoms with E-state index < -0.39 is 5.97 Å². The van der Waals surface area contributed by atoms with Gasteiger partial charge < -0.3 is 9.15 Å². The summed E-state index contributed by atoms with van der Waals surface area (Å²) in [6.07, 6.45) is 3.07. The number of benzene rings is 2. The Bertz CT molecular complexity index is 884. The monoisotopic (exact) mass is 398 g/mol. The van der Waals surface area contributed by atoms with Gasteiger partial charge in [0, 0.05) is 16.1 Å². The van der Waals surface area contributed by atoms with Gasteiger partial charge in [-0.25, -0.2) is 4.79 Å². The van der Waals surface area contributed by atoms with Crippen LogP contribution in [0.25, 0.3) is 17.5 Å². The molecule has 5 nitrogen and oxygen atoms in total. The molecule has 0 aliphatic heterocycles. The predicted molar refractivity (Wildman–Crippen MR) is 97.4 cm³/mol. The van der Waals surface area contributed by atoms with Crippen LogP contribution in [0.3, 0.4) is 0 Å². The number of ether oxygens (including phenoxy) is 1. The molecule has 0 radical (unpaired) electrons. The molecule has 3 aromatic rings. The molecule has 0 saturated heterocycles. The highest BCUT2D eigenvalue weighted by atomic mass is 79.9. The lowest BCUT2D eigenvalue weighted by Gasteiger charge is -1.98. The Kier molecular flexibility index (Phi) is 5.40. The summed E-state index contributed by atoms with van der Waals surface area (Å²) in [6, 6.07) is 15.3. The van der Waals surface area contributed by atoms with E-state index in [9.17, 15) is 4.79 Å². The molecule has 0 N–H and O–H groups in total. The summed E-state index contributed by atoms with van der Waals surface area (Å²) in [6.45, 7) is 1.94. The molecular weight excluding hydrogens is 384 g/mol. The number of hydrogen-bond acceptors (Lipinski definition) is 5. The Balaban J connectivity index is 1.55. The second-order valence-electron chi connectivity index (χ2n) is 5.36. The van der Waals surface area contributed by atoms with E-state index in [1.165, 1.54) is 6.08 Å². The smallest absolute Gasteiger partial charge is 0.331 e. The third-order valence-corrected chi connectivity index (χ3v) is 3.91. The average molecular weight is 399 g/mol. The molecule has 0 unspecified atom stereocenters. The average Bonchev–Trinajstić information content (AvgIpc) is 3.09. The highest BCUT2D eigenvalue weighted by Crippen LogP contribution is 2.20. The first-order valence-corrected chi connectivity index (χ1v) is 8.39. The standard InChI is InChI=1S/C19H15BrN2O3/c1-13-2-4-14(5-3-13)6-11-18(23)24-12-17-21-22-19(25-17)15-7-9-16(20)10-8-15/h2-11H,12H2,1H3. The first kappa shape index (κ1) is 17.1. The van der Waals surface area contributed by atoms with Crippen molar-refractivity contribution in [3.8, 4) is 11.5 Å². The Morgan fingerprint density at radius 2 is 1.84 bits per heavy atom. The maximum absolute atomic E-state index is 11.8. The van der Waals surface area contributed by atoms with Gasteiger partial charge in [-0.05, 0) is 42.8 Å². The van der Waals surface area contributed by atoms with E-state index >= 15 is 0 Å². The minimum atomic E-state index is -0.469. The summed E-state index contributed by atoms with van der Waals surface area (Å²) >= 11 is 3.37. The summed E-state index contributed by atoms with van der Waals surface area (Å²) in [5, 5.41) is 7.84. The normalized spacial score (nSPS) is 11.0. The second-order valence-corrected chi connectivity index (χ2v) is 6.28. The van der Waals surface area contributed by atoms with Gasteiger partial charge in [-0.3, -0.25) is 0 Å². The molecule has 0 fully saturated rings. The van der Waals surface area contributed by atoms with Crippen molar-refractivity contribution >= 4 is 28.0 Å². The van der Waals surface area contributed by atoms with Crippen LogP contribution in [-0.2, 0) is 16.1 Å². The van der Waals surface area contributed by atoms with Crippen LogP contribution in [-0.4, -0.2) is 16.2 Å². The molecule has 0 amide bonds. The van der Waals surface area contributed by atoms with Crippen molar-refractivity contribution in [2.24, 2.45) is 0 Å². The van der Waals surface area contributed by atoms with Gasteiger partial charge in [0.05, 0.1) is 0 Å². The number of esters is 1. The van der Waals surface area contributed by atoms with Gasteiger partial charge >= 0.3 is 5.97 Å². The lowest BCUT2D eigenvalue weighted by Crippen LogP contribution is -2.00. The fraction of sp³-hybridized carbons (Fsp3) is 0.105. The lowest BCUT2D eigenvalue weighted by atomic mass is 10.1. The number of rotatable bonds is 5. The summed E-state index contributed by atoms with van der Waals surface area (Å²) in [7, 11) is 0. The molecule has 0 aliphatic carbocycles. The van der Waals surface area contributed by atoms with Crippen LogP contribution < -0.4 is 0 Å². The molecule has 1 aromatic heterocycles. The number of aryl methyl sites for hydroxylation is 1. The molecule has 0 aliphatic rings. The van der Waals surface area contributed by atoms with Crippen molar-refractivity contribution in [3.63, 3.8) is 0 Å². The summed E-state index contributed by atoms with van der Waals surface area (Å²) in [5.74, 6) is 0.160. The zero-order chi connectivity index (χ0) is 17.6. The molecule has 0 saturated carbocycles. The molecule has 3 rings (SSSR count). The second kappa shape index (κ2) is 7.90. The molecule has 126 valence electrons. The number of hydrogen-bond donors (Lipinski definition) is 0. The Morgan fingerprint density at radius 3 is 2.56 bits per heavy atom. The minimum absolute atomic E-state index is 0.0689. The third-order valence-electron chi connectivity index (χ3n) is 3.39. The van der Waals surface area contributed by atoms with Crippen LogP contribution in [0.4, 0.5) is 0 Å². The molecule has 1 heterocycles. The van der Waals surface area contributed by atoms with E-state index in [-0.39, 0.29) is 12.5 Å². The Labute approximate surface area is 153 Å². The lowest BCUT2D eigenvalue weighted by molar-refractivity contribution is -0.139. The van der Waals surface area contributed by atoms with E-state index in [0.29, 0.717) is 5.89 Å². The summed E-state index contributed by atoms with van der Waals surface area (Å²) in [4.78, 5) is 11.8. The van der Waals surface area contributed by atoms with Gasteiger partial charge in [-0.2, -0.15) is 0 Å². The highest BCUT2D eigenvalue weighted by molar-refractivity contribution is 9.10. The largest absolute Gasteiger partial charge is 0.452 e. The van der Waals surface area contributed by atoms with Gasteiger partial charge in [0.1, 0.15) is 0 Å². The number of nitrogens with zero attached hydrogens (tertiary/aromatic N) is 2. The van der Waals surface area contributed by atoms with E-state index in [2.05, 4.69) is 26.1 Å². The van der Waals surface area contributed by atoms with Crippen LogP contribution >= 0.6 is 15.9 Å². The zero-order valence-electron chi connectivity index (χ0n) is 13.5. The molecule has 0 atom stereocenters. The van der Waals surface area contributed by atoms with Crippen LogP contribution in [0.1, 0.15) is 17.0 Å². The van der Waals surface area contributed by atoms with E-state index in [4.69, 9.17) is 9.15 Å². The molecular formula is C19H15BrN2O3. The quantitative estimate of drug-likeness (QED) is 0.465. The maximum atomic E-state index is 11.8. The van der Waals surface area contributed by atoms with Crippen molar-refractivity contribution in [2.45, 2.75) is 13.5 Å². The topological polar surface area (TPSA) is 65.2 Å². The summed E-state index contributed by atoms with van der Waals surface area (Å²) in [5.41, 5.74) is 2.89. The maximum Gasteiger partial charge on any atom is 0.331 e. The van der Waals surface area contributed by atoms with Gasteiger partial charge in [-0.1, -0.05) is 45.8 Å². The zero-order valence-corrected chi connectivity index (χ0v) is 15.1. The van der Waals surface area contributed by atoms with Crippen molar-refractivity contribution in [3.05, 3.63) is 76.1 Å². The van der Waals surface area contributed by atoms with Crippen molar-refractivity contribution < 1.29 is 13.9 Å². The number of carbonyl (C=O) groups is 1. The van der Waals surface area contributed by atoms with E-state index in [0.717, 1.165) is 21.2 Å².